The fraction of sp³-hybridized carbons (Fsp3) is 0.318. The Labute approximate surface area is 179 Å². The molecule has 2 aromatic carbocycles. The highest BCUT2D eigenvalue weighted by atomic mass is 16.5. The highest BCUT2D eigenvalue weighted by Crippen LogP contribution is 2.18. The normalized spacial score (nSPS) is 11.0. The monoisotopic (exact) mass is 427 g/mol. The Hall–Kier alpha value is -3.59. The zero-order valence-electron chi connectivity index (χ0n) is 17.7. The van der Waals surface area contributed by atoms with Crippen LogP contribution in [0.4, 0.5) is 10.5 Å². The van der Waals surface area contributed by atoms with Gasteiger partial charge < -0.3 is 18.8 Å². The van der Waals surface area contributed by atoms with E-state index in [4.69, 9.17) is 13.9 Å². The van der Waals surface area contributed by atoms with Crippen LogP contribution in [-0.2, 0) is 16.0 Å². The molecule has 0 unspecified atom stereocenters. The molecule has 0 aliphatic rings. The van der Waals surface area contributed by atoms with Gasteiger partial charge in [0.05, 0.1) is 31.3 Å². The molecule has 0 fully saturated rings. The number of benzene rings is 2. The molecular weight excluding hydrogens is 402 g/mol. The maximum Gasteiger partial charge on any atom is 0.420 e. The first-order valence-electron chi connectivity index (χ1n) is 9.76. The lowest BCUT2D eigenvalue weighted by Crippen LogP contribution is -2.19. The Morgan fingerprint density at radius 2 is 1.97 bits per heavy atom. The predicted molar refractivity (Wildman–Crippen MR) is 115 cm³/mol. The molecule has 1 amide bonds. The number of esters is 1. The van der Waals surface area contributed by atoms with E-state index in [1.807, 2.05) is 25.1 Å². The molecular formula is C22H25N3O6. The zero-order valence-corrected chi connectivity index (χ0v) is 17.7. The Morgan fingerprint density at radius 3 is 2.71 bits per heavy atom. The first-order chi connectivity index (χ1) is 14.9. The van der Waals surface area contributed by atoms with Gasteiger partial charge >= 0.3 is 17.8 Å². The Kier molecular flexibility index (Phi) is 7.09. The predicted octanol–water partition coefficient (Wildman–Crippen LogP) is 2.93. The standard InChI is InChI=1S/C22H25N3O6/c1-24(2)10-5-11-30-21(27)23-17-7-4-6-15(12-17)14-25-18-13-16(20(26)29-3)8-9-19(18)31-22(25)28/h4,6-9,12-13H,5,10-11,14H2,1-3H3,(H,23,27). The largest absolute Gasteiger partial charge is 0.465 e. The van der Waals surface area contributed by atoms with E-state index in [-0.39, 0.29) is 6.54 Å². The van der Waals surface area contributed by atoms with Crippen LogP contribution in [-0.4, -0.2) is 55.9 Å². The Morgan fingerprint density at radius 1 is 1.16 bits per heavy atom. The van der Waals surface area contributed by atoms with Crippen molar-refractivity contribution in [3.63, 3.8) is 0 Å². The summed E-state index contributed by atoms with van der Waals surface area (Å²) in [5, 5.41) is 2.69. The van der Waals surface area contributed by atoms with Crippen LogP contribution >= 0.6 is 0 Å². The third kappa shape index (κ3) is 5.73. The van der Waals surface area contributed by atoms with Gasteiger partial charge in [0.1, 0.15) is 0 Å². The second kappa shape index (κ2) is 9.94. The number of fused-ring (bicyclic) bond motifs is 1. The topological polar surface area (TPSA) is 103 Å². The minimum absolute atomic E-state index is 0.198. The molecule has 0 radical (unpaired) electrons. The van der Waals surface area contributed by atoms with Gasteiger partial charge in [0, 0.05) is 12.2 Å². The molecule has 1 aromatic heterocycles. The van der Waals surface area contributed by atoms with Gasteiger partial charge in [-0.1, -0.05) is 12.1 Å². The molecule has 164 valence electrons. The van der Waals surface area contributed by atoms with Crippen molar-refractivity contribution < 1.29 is 23.5 Å². The summed E-state index contributed by atoms with van der Waals surface area (Å²) in [4.78, 5) is 38.1. The quantitative estimate of drug-likeness (QED) is 0.435. The van der Waals surface area contributed by atoms with Crippen molar-refractivity contribution in [1.82, 2.24) is 9.47 Å². The molecule has 9 nitrogen and oxygen atoms in total. The third-order valence-electron chi connectivity index (χ3n) is 4.59. The van der Waals surface area contributed by atoms with Crippen LogP contribution in [0, 0.1) is 0 Å². The van der Waals surface area contributed by atoms with Crippen molar-refractivity contribution in [2.24, 2.45) is 0 Å². The van der Waals surface area contributed by atoms with Crippen molar-refractivity contribution in [2.45, 2.75) is 13.0 Å². The summed E-state index contributed by atoms with van der Waals surface area (Å²) < 4.78 is 16.6. The molecule has 3 rings (SSSR count). The molecule has 1 heterocycles. The first kappa shape index (κ1) is 22.1. The van der Waals surface area contributed by atoms with E-state index in [0.717, 1.165) is 18.5 Å². The molecule has 1 N–H and O–H groups in total. The lowest BCUT2D eigenvalue weighted by atomic mass is 10.1. The van der Waals surface area contributed by atoms with Gasteiger partial charge in [0.2, 0.25) is 0 Å². The van der Waals surface area contributed by atoms with Crippen LogP contribution < -0.4 is 11.1 Å². The number of nitrogens with one attached hydrogen (secondary N) is 1. The van der Waals surface area contributed by atoms with Crippen LogP contribution in [0.3, 0.4) is 0 Å². The maximum atomic E-state index is 12.3. The van der Waals surface area contributed by atoms with Gasteiger partial charge in [-0.25, -0.2) is 14.4 Å². The second-order valence-corrected chi connectivity index (χ2v) is 7.25. The SMILES string of the molecule is COC(=O)c1ccc2oc(=O)n(Cc3cccc(NC(=O)OCCCN(C)C)c3)c2c1. The highest BCUT2D eigenvalue weighted by molar-refractivity contribution is 5.93. The molecule has 0 aliphatic carbocycles. The van der Waals surface area contributed by atoms with Gasteiger partial charge in [0.15, 0.2) is 5.58 Å². The van der Waals surface area contributed by atoms with E-state index >= 15 is 0 Å². The minimum atomic E-state index is -0.546. The van der Waals surface area contributed by atoms with Crippen LogP contribution in [0.5, 0.6) is 0 Å². The molecule has 0 saturated carbocycles. The fourth-order valence-electron chi connectivity index (χ4n) is 3.09. The van der Waals surface area contributed by atoms with E-state index in [1.165, 1.54) is 17.7 Å². The lowest BCUT2D eigenvalue weighted by Gasteiger charge is -2.11. The lowest BCUT2D eigenvalue weighted by molar-refractivity contribution is 0.0601. The number of ether oxygens (including phenoxy) is 2. The van der Waals surface area contributed by atoms with Crippen molar-refractivity contribution >= 4 is 28.8 Å². The average Bonchev–Trinajstić information content (AvgIpc) is 3.05. The average molecular weight is 427 g/mol. The van der Waals surface area contributed by atoms with E-state index in [1.54, 1.807) is 30.3 Å². The summed E-state index contributed by atoms with van der Waals surface area (Å²) in [5.74, 6) is -1.05. The van der Waals surface area contributed by atoms with Crippen molar-refractivity contribution in [2.75, 3.05) is 39.7 Å². The number of carbonyl (C=O) groups excluding carboxylic acids is 2. The highest BCUT2D eigenvalue weighted by Gasteiger charge is 2.14. The van der Waals surface area contributed by atoms with E-state index < -0.39 is 17.8 Å². The number of aromatic nitrogens is 1. The summed E-state index contributed by atoms with van der Waals surface area (Å²) in [6.07, 6.45) is 0.203. The van der Waals surface area contributed by atoms with Gasteiger partial charge in [-0.3, -0.25) is 9.88 Å². The Bertz CT molecular complexity index is 1130. The molecule has 0 saturated heterocycles. The number of methoxy groups -OCH3 is 1. The third-order valence-corrected chi connectivity index (χ3v) is 4.59. The van der Waals surface area contributed by atoms with Crippen molar-refractivity contribution in [3.8, 4) is 0 Å². The number of oxazole rings is 1. The molecule has 0 bridgehead atoms. The molecule has 3 aromatic rings. The second-order valence-electron chi connectivity index (χ2n) is 7.25. The van der Waals surface area contributed by atoms with E-state index in [0.29, 0.717) is 29.0 Å². The molecule has 9 heteroatoms. The number of amides is 1. The fourth-order valence-corrected chi connectivity index (χ4v) is 3.09. The van der Waals surface area contributed by atoms with Crippen LogP contribution in [0.2, 0.25) is 0 Å². The smallest absolute Gasteiger partial charge is 0.420 e. The summed E-state index contributed by atoms with van der Waals surface area (Å²) in [6.45, 7) is 1.35. The number of hydrogen-bond acceptors (Lipinski definition) is 7. The minimum Gasteiger partial charge on any atom is -0.465 e. The summed E-state index contributed by atoms with van der Waals surface area (Å²) in [6, 6.07) is 11.7. The van der Waals surface area contributed by atoms with Gasteiger partial charge in [-0.05, 0) is 56.4 Å². The summed E-state index contributed by atoms with van der Waals surface area (Å²) in [7, 11) is 5.20. The van der Waals surface area contributed by atoms with E-state index in [9.17, 15) is 14.4 Å². The number of rotatable bonds is 8. The van der Waals surface area contributed by atoms with Crippen molar-refractivity contribution in [1.29, 1.82) is 0 Å². The van der Waals surface area contributed by atoms with Gasteiger partial charge in [0.25, 0.3) is 0 Å². The summed E-state index contributed by atoms with van der Waals surface area (Å²) >= 11 is 0. The number of nitrogens with zero attached hydrogens (tertiary/aromatic N) is 2. The summed E-state index contributed by atoms with van der Waals surface area (Å²) in [5.41, 5.74) is 2.47. The molecule has 0 atom stereocenters. The van der Waals surface area contributed by atoms with Crippen LogP contribution in [0.1, 0.15) is 22.3 Å². The Balaban J connectivity index is 1.73. The maximum absolute atomic E-state index is 12.3. The first-order valence-corrected chi connectivity index (χ1v) is 9.76. The number of carbonyl (C=O) groups is 2. The number of hydrogen-bond donors (Lipinski definition) is 1. The van der Waals surface area contributed by atoms with Crippen molar-refractivity contribution in [3.05, 3.63) is 64.1 Å². The van der Waals surface area contributed by atoms with Crippen LogP contribution in [0.15, 0.2) is 51.7 Å². The van der Waals surface area contributed by atoms with Gasteiger partial charge in [-0.15, -0.1) is 0 Å². The molecule has 0 aliphatic heterocycles. The zero-order chi connectivity index (χ0) is 22.4. The number of anilines is 1. The molecule has 0 spiro atoms. The van der Waals surface area contributed by atoms with Gasteiger partial charge in [-0.2, -0.15) is 0 Å². The van der Waals surface area contributed by atoms with E-state index in [2.05, 4.69) is 5.32 Å². The molecule has 31 heavy (non-hydrogen) atoms. The van der Waals surface area contributed by atoms with Crippen LogP contribution in [0.25, 0.3) is 11.1 Å².